The molecule has 0 unspecified atom stereocenters. The molecule has 1 saturated heterocycles. The van der Waals surface area contributed by atoms with E-state index in [0.717, 1.165) is 12.8 Å². The van der Waals surface area contributed by atoms with Gasteiger partial charge in [0.2, 0.25) is 5.91 Å². The lowest BCUT2D eigenvalue weighted by atomic mass is 9.96. The lowest BCUT2D eigenvalue weighted by molar-refractivity contribution is -0.139. The SMILES string of the molecule is CC(C)CNC(=O)C(=O)NCC1CCN(C(=O)/C=C/c2ccco2)CC1. The number of piperidine rings is 1. The van der Waals surface area contributed by atoms with Crippen LogP contribution in [0.2, 0.25) is 0 Å². The number of rotatable bonds is 6. The van der Waals surface area contributed by atoms with Gasteiger partial charge in [0.1, 0.15) is 5.76 Å². The summed E-state index contributed by atoms with van der Waals surface area (Å²) < 4.78 is 5.16. The van der Waals surface area contributed by atoms with E-state index in [-0.39, 0.29) is 11.8 Å². The van der Waals surface area contributed by atoms with Gasteiger partial charge in [0.15, 0.2) is 0 Å². The van der Waals surface area contributed by atoms with Crippen LogP contribution in [0.4, 0.5) is 0 Å². The number of hydrogen-bond donors (Lipinski definition) is 2. The van der Waals surface area contributed by atoms with Crippen molar-refractivity contribution < 1.29 is 18.8 Å². The van der Waals surface area contributed by atoms with Crippen molar-refractivity contribution in [2.45, 2.75) is 26.7 Å². The minimum Gasteiger partial charge on any atom is -0.465 e. The maximum absolute atomic E-state index is 12.2. The number of hydrogen-bond acceptors (Lipinski definition) is 4. The second-order valence-electron chi connectivity index (χ2n) is 6.93. The zero-order chi connectivity index (χ0) is 18.9. The summed E-state index contributed by atoms with van der Waals surface area (Å²) in [5.41, 5.74) is 0. The van der Waals surface area contributed by atoms with Crippen LogP contribution in [0.3, 0.4) is 0 Å². The average Bonchev–Trinajstić information content (AvgIpc) is 3.16. The van der Waals surface area contributed by atoms with Gasteiger partial charge in [-0.1, -0.05) is 13.8 Å². The highest BCUT2D eigenvalue weighted by atomic mass is 16.3. The van der Waals surface area contributed by atoms with Crippen LogP contribution in [0.25, 0.3) is 6.08 Å². The number of amides is 3. The lowest BCUT2D eigenvalue weighted by Gasteiger charge is -2.31. The second kappa shape index (κ2) is 9.79. The minimum atomic E-state index is -0.592. The van der Waals surface area contributed by atoms with Gasteiger partial charge in [0.25, 0.3) is 0 Å². The summed E-state index contributed by atoms with van der Waals surface area (Å²) in [7, 11) is 0. The number of nitrogens with zero attached hydrogens (tertiary/aromatic N) is 1. The number of carbonyl (C=O) groups is 3. The van der Waals surface area contributed by atoms with Crippen LogP contribution >= 0.6 is 0 Å². The van der Waals surface area contributed by atoms with Gasteiger partial charge in [-0.2, -0.15) is 0 Å². The molecule has 0 aliphatic carbocycles. The Kier molecular flexibility index (Phi) is 7.44. The van der Waals surface area contributed by atoms with Crippen LogP contribution < -0.4 is 10.6 Å². The molecule has 0 bridgehead atoms. The molecule has 2 heterocycles. The van der Waals surface area contributed by atoms with Crippen molar-refractivity contribution in [3.8, 4) is 0 Å². The third-order valence-corrected chi connectivity index (χ3v) is 4.29. The standard InChI is InChI=1S/C19H27N3O4/c1-14(2)12-20-18(24)19(25)21-13-15-7-9-22(10-8-15)17(23)6-5-16-4-3-11-26-16/h3-6,11,14-15H,7-10,12-13H2,1-2H3,(H,20,24)(H,21,25)/b6-5+. The first-order chi connectivity index (χ1) is 12.5. The largest absolute Gasteiger partial charge is 0.465 e. The number of furan rings is 1. The van der Waals surface area contributed by atoms with Crippen molar-refractivity contribution in [2.24, 2.45) is 11.8 Å². The molecule has 3 amide bonds. The second-order valence-corrected chi connectivity index (χ2v) is 6.93. The summed E-state index contributed by atoms with van der Waals surface area (Å²) in [6, 6.07) is 3.56. The van der Waals surface area contributed by atoms with Crippen molar-refractivity contribution in [1.29, 1.82) is 0 Å². The Morgan fingerprint density at radius 3 is 2.54 bits per heavy atom. The summed E-state index contributed by atoms with van der Waals surface area (Å²) in [6.45, 7) is 6.16. The van der Waals surface area contributed by atoms with E-state index in [1.54, 1.807) is 29.4 Å². The van der Waals surface area contributed by atoms with E-state index in [2.05, 4.69) is 10.6 Å². The summed E-state index contributed by atoms with van der Waals surface area (Å²) >= 11 is 0. The van der Waals surface area contributed by atoms with Gasteiger partial charge in [-0.05, 0) is 42.9 Å². The lowest BCUT2D eigenvalue weighted by Crippen LogP contribution is -2.45. The fourth-order valence-corrected chi connectivity index (χ4v) is 2.70. The number of carbonyl (C=O) groups excluding carboxylic acids is 3. The molecule has 1 aromatic rings. The Hall–Kier alpha value is -2.57. The van der Waals surface area contributed by atoms with Gasteiger partial charge in [0, 0.05) is 32.3 Å². The van der Waals surface area contributed by atoms with Crippen LogP contribution in [0, 0.1) is 11.8 Å². The molecule has 1 aliphatic rings. The Balaban J connectivity index is 1.67. The Bertz CT molecular complexity index is 629. The smallest absolute Gasteiger partial charge is 0.309 e. The first-order valence-corrected chi connectivity index (χ1v) is 9.02. The van der Waals surface area contributed by atoms with E-state index < -0.39 is 11.8 Å². The van der Waals surface area contributed by atoms with Crippen molar-refractivity contribution >= 4 is 23.8 Å². The molecule has 0 spiro atoms. The van der Waals surface area contributed by atoms with Crippen molar-refractivity contribution in [2.75, 3.05) is 26.2 Å². The van der Waals surface area contributed by atoms with Crippen molar-refractivity contribution in [3.05, 3.63) is 30.2 Å². The zero-order valence-corrected chi connectivity index (χ0v) is 15.4. The summed E-state index contributed by atoms with van der Waals surface area (Å²) in [4.78, 5) is 37.3. The topological polar surface area (TPSA) is 91.7 Å². The maximum atomic E-state index is 12.2. The molecule has 1 fully saturated rings. The van der Waals surface area contributed by atoms with Crippen LogP contribution in [0.1, 0.15) is 32.4 Å². The Morgan fingerprint density at radius 2 is 1.92 bits per heavy atom. The van der Waals surface area contributed by atoms with E-state index in [0.29, 0.717) is 37.9 Å². The summed E-state index contributed by atoms with van der Waals surface area (Å²) in [6.07, 6.45) is 6.33. The summed E-state index contributed by atoms with van der Waals surface area (Å²) in [5.74, 6) is -0.00560. The van der Waals surface area contributed by atoms with E-state index in [9.17, 15) is 14.4 Å². The molecular formula is C19H27N3O4. The molecule has 0 radical (unpaired) electrons. The van der Waals surface area contributed by atoms with Gasteiger partial charge in [0.05, 0.1) is 6.26 Å². The van der Waals surface area contributed by atoms with E-state index in [1.165, 1.54) is 6.08 Å². The highest BCUT2D eigenvalue weighted by Crippen LogP contribution is 2.17. The van der Waals surface area contributed by atoms with Gasteiger partial charge >= 0.3 is 11.8 Å². The predicted octanol–water partition coefficient (Wildman–Crippen LogP) is 1.42. The molecule has 0 aromatic carbocycles. The Labute approximate surface area is 153 Å². The molecule has 0 saturated carbocycles. The monoisotopic (exact) mass is 361 g/mol. The van der Waals surface area contributed by atoms with Crippen LogP contribution in [0.15, 0.2) is 28.9 Å². The van der Waals surface area contributed by atoms with E-state index in [1.807, 2.05) is 13.8 Å². The van der Waals surface area contributed by atoms with Gasteiger partial charge < -0.3 is 20.0 Å². The minimum absolute atomic E-state index is 0.0445. The molecule has 0 atom stereocenters. The quantitative estimate of drug-likeness (QED) is 0.592. The fourth-order valence-electron chi connectivity index (χ4n) is 2.70. The van der Waals surface area contributed by atoms with E-state index in [4.69, 9.17) is 4.42 Å². The highest BCUT2D eigenvalue weighted by molar-refractivity contribution is 6.35. The molecular weight excluding hydrogens is 334 g/mol. The molecule has 1 aromatic heterocycles. The number of nitrogens with one attached hydrogen (secondary N) is 2. The highest BCUT2D eigenvalue weighted by Gasteiger charge is 2.23. The molecule has 142 valence electrons. The van der Waals surface area contributed by atoms with Crippen LogP contribution in [-0.2, 0) is 14.4 Å². The van der Waals surface area contributed by atoms with Crippen LogP contribution in [-0.4, -0.2) is 48.8 Å². The van der Waals surface area contributed by atoms with Crippen LogP contribution in [0.5, 0.6) is 0 Å². The van der Waals surface area contributed by atoms with Gasteiger partial charge in [-0.15, -0.1) is 0 Å². The van der Waals surface area contributed by atoms with E-state index >= 15 is 0 Å². The third kappa shape index (κ3) is 6.38. The molecule has 7 heteroatoms. The predicted molar refractivity (Wildman–Crippen MR) is 97.9 cm³/mol. The molecule has 2 N–H and O–H groups in total. The number of likely N-dealkylation sites (tertiary alicyclic amines) is 1. The average molecular weight is 361 g/mol. The van der Waals surface area contributed by atoms with Crippen molar-refractivity contribution in [1.82, 2.24) is 15.5 Å². The summed E-state index contributed by atoms with van der Waals surface area (Å²) in [5, 5.41) is 5.28. The normalized spacial score (nSPS) is 15.4. The fraction of sp³-hybridized carbons (Fsp3) is 0.526. The first kappa shape index (κ1) is 19.8. The van der Waals surface area contributed by atoms with Crippen molar-refractivity contribution in [3.63, 3.8) is 0 Å². The molecule has 2 rings (SSSR count). The van der Waals surface area contributed by atoms with Gasteiger partial charge in [-0.3, -0.25) is 14.4 Å². The molecule has 7 nitrogen and oxygen atoms in total. The van der Waals surface area contributed by atoms with Gasteiger partial charge in [-0.25, -0.2) is 0 Å². The zero-order valence-electron chi connectivity index (χ0n) is 15.4. The first-order valence-electron chi connectivity index (χ1n) is 9.02. The molecule has 1 aliphatic heterocycles. The third-order valence-electron chi connectivity index (χ3n) is 4.29. The Morgan fingerprint density at radius 1 is 1.23 bits per heavy atom. The maximum Gasteiger partial charge on any atom is 0.309 e. The molecule has 26 heavy (non-hydrogen) atoms.